The molecule has 6 heteroatoms. The lowest BCUT2D eigenvalue weighted by molar-refractivity contribution is -0.114. The number of hydrogen-bond acceptors (Lipinski definition) is 4. The maximum absolute atomic E-state index is 12.4. The maximum Gasteiger partial charge on any atom is 0.415 e. The van der Waals surface area contributed by atoms with Crippen molar-refractivity contribution in [1.29, 1.82) is 0 Å². The van der Waals surface area contributed by atoms with E-state index < -0.39 is 11.7 Å². The predicted octanol–water partition coefficient (Wildman–Crippen LogP) is 3.46. The summed E-state index contributed by atoms with van der Waals surface area (Å²) in [6, 6.07) is 7.20. The smallest absolute Gasteiger partial charge is 0.415 e. The molecule has 0 unspecified atom stereocenters. The number of anilines is 1. The molecule has 0 atom stereocenters. The Bertz CT molecular complexity index is 620. The molecule has 1 heterocycles. The summed E-state index contributed by atoms with van der Waals surface area (Å²) in [6.07, 6.45) is 1.15. The van der Waals surface area contributed by atoms with Gasteiger partial charge in [-0.15, -0.1) is 0 Å². The minimum atomic E-state index is -0.560. The van der Waals surface area contributed by atoms with Crippen LogP contribution in [0.5, 0.6) is 0 Å². The maximum atomic E-state index is 12.4. The molecular formula is C17H24N2O4. The lowest BCUT2D eigenvalue weighted by Gasteiger charge is -2.31. The van der Waals surface area contributed by atoms with Gasteiger partial charge >= 0.3 is 6.09 Å². The number of nitrogens with zero attached hydrogens (tertiary/aromatic N) is 1. The zero-order chi connectivity index (χ0) is 17.0. The first-order valence-corrected chi connectivity index (χ1v) is 7.46. The molecule has 0 radical (unpaired) electrons. The van der Waals surface area contributed by atoms with Crippen LogP contribution in [0.15, 0.2) is 30.5 Å². The van der Waals surface area contributed by atoms with Crippen molar-refractivity contribution in [2.45, 2.75) is 33.3 Å². The monoisotopic (exact) mass is 320 g/mol. The van der Waals surface area contributed by atoms with Crippen molar-refractivity contribution in [2.75, 3.05) is 18.5 Å². The standard InChI is InChI=1S/C17H22N2O4.H2/c1-12(20)18-14-7-5-13(6-8-14)15-11-22-10-9-19(15)16(21)23-17(2,3)4;/h5-8,11H,9-10H2,1-4H3,(H,18,20);1H. The Kier molecular flexibility index (Phi) is 4.93. The van der Waals surface area contributed by atoms with Crippen LogP contribution in [-0.2, 0) is 14.3 Å². The molecule has 2 amide bonds. The average molecular weight is 320 g/mol. The molecule has 2 rings (SSSR count). The van der Waals surface area contributed by atoms with Crippen LogP contribution in [0, 0.1) is 0 Å². The highest BCUT2D eigenvalue weighted by Crippen LogP contribution is 2.25. The molecule has 0 bridgehead atoms. The molecular weight excluding hydrogens is 296 g/mol. The second-order valence-electron chi connectivity index (χ2n) is 6.26. The fraction of sp³-hybridized carbons (Fsp3) is 0.412. The first kappa shape index (κ1) is 16.9. The van der Waals surface area contributed by atoms with E-state index in [0.29, 0.717) is 24.5 Å². The first-order valence-electron chi connectivity index (χ1n) is 7.46. The molecule has 0 saturated heterocycles. The van der Waals surface area contributed by atoms with Crippen LogP contribution in [0.3, 0.4) is 0 Å². The second-order valence-corrected chi connectivity index (χ2v) is 6.26. The average Bonchev–Trinajstić information content (AvgIpc) is 2.46. The van der Waals surface area contributed by atoms with Gasteiger partial charge < -0.3 is 14.8 Å². The molecule has 0 fully saturated rings. The van der Waals surface area contributed by atoms with Gasteiger partial charge in [0.25, 0.3) is 0 Å². The van der Waals surface area contributed by atoms with E-state index in [-0.39, 0.29) is 7.33 Å². The van der Waals surface area contributed by atoms with Crippen LogP contribution in [0.25, 0.3) is 5.70 Å². The van der Waals surface area contributed by atoms with Crippen molar-refractivity contribution in [3.05, 3.63) is 36.1 Å². The van der Waals surface area contributed by atoms with Gasteiger partial charge in [0.1, 0.15) is 18.5 Å². The molecule has 1 aromatic carbocycles. The van der Waals surface area contributed by atoms with E-state index in [9.17, 15) is 9.59 Å². The minimum absolute atomic E-state index is 0. The van der Waals surface area contributed by atoms with Gasteiger partial charge in [-0.1, -0.05) is 12.1 Å². The molecule has 1 aromatic rings. The van der Waals surface area contributed by atoms with Gasteiger partial charge in [-0.2, -0.15) is 0 Å². The molecule has 0 spiro atoms. The third kappa shape index (κ3) is 4.74. The molecule has 1 aliphatic rings. The zero-order valence-corrected chi connectivity index (χ0v) is 13.9. The normalized spacial score (nSPS) is 14.6. The van der Waals surface area contributed by atoms with Gasteiger partial charge in [0.2, 0.25) is 5.91 Å². The third-order valence-corrected chi connectivity index (χ3v) is 3.03. The van der Waals surface area contributed by atoms with Crippen molar-refractivity contribution in [1.82, 2.24) is 4.90 Å². The summed E-state index contributed by atoms with van der Waals surface area (Å²) < 4.78 is 10.8. The van der Waals surface area contributed by atoms with Crippen LogP contribution in [0.4, 0.5) is 10.5 Å². The summed E-state index contributed by atoms with van der Waals surface area (Å²) in [5, 5.41) is 2.71. The third-order valence-electron chi connectivity index (χ3n) is 3.03. The van der Waals surface area contributed by atoms with E-state index in [4.69, 9.17) is 9.47 Å². The summed E-state index contributed by atoms with van der Waals surface area (Å²) in [5.74, 6) is -0.131. The highest BCUT2D eigenvalue weighted by molar-refractivity contribution is 5.89. The lowest BCUT2D eigenvalue weighted by atomic mass is 10.1. The molecule has 0 saturated carbocycles. The number of ether oxygens (including phenoxy) is 2. The van der Waals surface area contributed by atoms with Gasteiger partial charge in [0.05, 0.1) is 12.2 Å². The van der Waals surface area contributed by atoms with Crippen LogP contribution in [-0.4, -0.2) is 35.7 Å². The van der Waals surface area contributed by atoms with Crippen molar-refractivity contribution in [3.8, 4) is 0 Å². The number of hydrogen-bond donors (Lipinski definition) is 1. The molecule has 0 aromatic heterocycles. The number of rotatable bonds is 2. The van der Waals surface area contributed by atoms with E-state index in [2.05, 4.69) is 5.32 Å². The van der Waals surface area contributed by atoms with Crippen LogP contribution >= 0.6 is 0 Å². The lowest BCUT2D eigenvalue weighted by Crippen LogP contribution is -2.39. The number of nitrogens with one attached hydrogen (secondary N) is 1. The molecule has 23 heavy (non-hydrogen) atoms. The minimum Gasteiger partial charge on any atom is -0.497 e. The van der Waals surface area contributed by atoms with Crippen LogP contribution < -0.4 is 5.32 Å². The van der Waals surface area contributed by atoms with E-state index in [1.54, 1.807) is 23.3 Å². The van der Waals surface area contributed by atoms with Crippen molar-refractivity contribution in [3.63, 3.8) is 0 Å². The number of carbonyl (C=O) groups is 2. The van der Waals surface area contributed by atoms with Gasteiger partial charge in [0.15, 0.2) is 0 Å². The Balaban J connectivity index is 0.00000288. The largest absolute Gasteiger partial charge is 0.497 e. The zero-order valence-electron chi connectivity index (χ0n) is 13.9. The summed E-state index contributed by atoms with van der Waals surface area (Å²) in [6.45, 7) is 7.79. The number of benzene rings is 1. The fourth-order valence-electron chi connectivity index (χ4n) is 2.12. The number of carbonyl (C=O) groups excluding carboxylic acids is 2. The Labute approximate surface area is 137 Å². The van der Waals surface area contributed by atoms with Crippen molar-refractivity contribution >= 4 is 23.4 Å². The Hall–Kier alpha value is -2.50. The quantitative estimate of drug-likeness (QED) is 0.906. The summed E-state index contributed by atoms with van der Waals surface area (Å²) >= 11 is 0. The highest BCUT2D eigenvalue weighted by atomic mass is 16.6. The van der Waals surface area contributed by atoms with Gasteiger partial charge in [0, 0.05) is 19.6 Å². The van der Waals surface area contributed by atoms with Gasteiger partial charge in [-0.25, -0.2) is 4.79 Å². The van der Waals surface area contributed by atoms with E-state index in [1.807, 2.05) is 32.9 Å². The molecule has 6 nitrogen and oxygen atoms in total. The Morgan fingerprint density at radius 2 is 1.91 bits per heavy atom. The summed E-state index contributed by atoms with van der Waals surface area (Å²) in [7, 11) is 0. The van der Waals surface area contributed by atoms with Gasteiger partial charge in [-0.3, -0.25) is 9.69 Å². The second kappa shape index (κ2) is 6.73. The van der Waals surface area contributed by atoms with Gasteiger partial charge in [-0.05, 0) is 32.9 Å². The predicted molar refractivity (Wildman–Crippen MR) is 89.7 cm³/mol. The molecule has 126 valence electrons. The topological polar surface area (TPSA) is 67.9 Å². The van der Waals surface area contributed by atoms with Crippen molar-refractivity contribution < 1.29 is 20.5 Å². The van der Waals surface area contributed by atoms with E-state index in [1.165, 1.54) is 6.92 Å². The molecule has 1 aliphatic heterocycles. The SMILES string of the molecule is CC(=O)Nc1ccc(C2=COCCN2C(=O)OC(C)(C)C)cc1.[HH]. The molecule has 0 aliphatic carbocycles. The highest BCUT2D eigenvalue weighted by Gasteiger charge is 2.27. The summed E-state index contributed by atoms with van der Waals surface area (Å²) in [5.41, 5.74) is 1.59. The van der Waals surface area contributed by atoms with Crippen molar-refractivity contribution in [2.24, 2.45) is 0 Å². The first-order chi connectivity index (χ1) is 10.8. The van der Waals surface area contributed by atoms with Crippen LogP contribution in [0.1, 0.15) is 34.7 Å². The Morgan fingerprint density at radius 3 is 2.48 bits per heavy atom. The molecule has 1 N–H and O–H groups in total. The number of amides is 2. The van der Waals surface area contributed by atoms with E-state index in [0.717, 1.165) is 5.56 Å². The van der Waals surface area contributed by atoms with E-state index >= 15 is 0 Å². The summed E-state index contributed by atoms with van der Waals surface area (Å²) in [4.78, 5) is 25.0. The fourth-order valence-corrected chi connectivity index (χ4v) is 2.12. The van der Waals surface area contributed by atoms with Crippen LogP contribution in [0.2, 0.25) is 0 Å². The Morgan fingerprint density at radius 1 is 1.26 bits per heavy atom.